The summed E-state index contributed by atoms with van der Waals surface area (Å²) in [7, 11) is 0. The quantitative estimate of drug-likeness (QED) is 0.837. The summed E-state index contributed by atoms with van der Waals surface area (Å²) in [5.41, 5.74) is 0. The molecule has 96 valence electrons. The highest BCUT2D eigenvalue weighted by Gasteiger charge is 2.28. The fourth-order valence-corrected chi connectivity index (χ4v) is 4.00. The van der Waals surface area contributed by atoms with Gasteiger partial charge in [-0.25, -0.2) is 0 Å². The van der Waals surface area contributed by atoms with Crippen molar-refractivity contribution in [2.75, 3.05) is 6.26 Å². The Morgan fingerprint density at radius 2 is 1.76 bits per heavy atom. The standard InChI is InChI=1S/C14H24N2S/c1-17-13-8-6-12(7-9-13)16-14-5-3-2-4-11(14)10-15/h11-14,16H,2-9H2,1H3. The number of rotatable bonds is 3. The third-order valence-electron chi connectivity index (χ3n) is 4.39. The SMILES string of the molecule is CSC1CCC(NC2CCCCC2C#N)CC1. The molecule has 0 aromatic heterocycles. The molecule has 1 N–H and O–H groups in total. The molecule has 2 fully saturated rings. The number of hydrogen-bond donors (Lipinski definition) is 1. The smallest absolute Gasteiger partial charge is 0.0672 e. The maximum atomic E-state index is 9.18. The highest BCUT2D eigenvalue weighted by atomic mass is 32.2. The lowest BCUT2D eigenvalue weighted by Gasteiger charge is -2.35. The maximum Gasteiger partial charge on any atom is 0.0672 e. The minimum atomic E-state index is 0.266. The number of hydrogen-bond acceptors (Lipinski definition) is 3. The summed E-state index contributed by atoms with van der Waals surface area (Å²) in [4.78, 5) is 0. The first-order chi connectivity index (χ1) is 8.33. The van der Waals surface area contributed by atoms with Crippen molar-refractivity contribution in [3.8, 4) is 6.07 Å². The molecule has 0 heterocycles. The van der Waals surface area contributed by atoms with Crippen molar-refractivity contribution in [2.24, 2.45) is 5.92 Å². The van der Waals surface area contributed by atoms with E-state index >= 15 is 0 Å². The van der Waals surface area contributed by atoms with Crippen LogP contribution in [0.5, 0.6) is 0 Å². The Bertz CT molecular complexity index is 266. The molecule has 0 radical (unpaired) electrons. The number of nitrogens with zero attached hydrogens (tertiary/aromatic N) is 1. The summed E-state index contributed by atoms with van der Waals surface area (Å²) >= 11 is 2.02. The van der Waals surface area contributed by atoms with Crippen LogP contribution < -0.4 is 5.32 Å². The van der Waals surface area contributed by atoms with Crippen LogP contribution >= 0.6 is 11.8 Å². The number of nitriles is 1. The zero-order chi connectivity index (χ0) is 12.1. The Morgan fingerprint density at radius 1 is 1.06 bits per heavy atom. The molecule has 2 aliphatic rings. The van der Waals surface area contributed by atoms with Crippen molar-refractivity contribution in [3.63, 3.8) is 0 Å². The first-order valence-corrected chi connectivity index (χ1v) is 8.30. The summed E-state index contributed by atoms with van der Waals surface area (Å²) < 4.78 is 0. The zero-order valence-electron chi connectivity index (χ0n) is 10.8. The van der Waals surface area contributed by atoms with Crippen molar-refractivity contribution in [1.82, 2.24) is 5.32 Å². The molecular weight excluding hydrogens is 228 g/mol. The van der Waals surface area contributed by atoms with Gasteiger partial charge in [0.05, 0.1) is 12.0 Å². The maximum absolute atomic E-state index is 9.18. The molecule has 0 aliphatic heterocycles. The summed E-state index contributed by atoms with van der Waals surface area (Å²) in [5, 5.41) is 13.8. The van der Waals surface area contributed by atoms with Crippen molar-refractivity contribution in [3.05, 3.63) is 0 Å². The van der Waals surface area contributed by atoms with Gasteiger partial charge in [-0.05, 0) is 44.8 Å². The molecule has 17 heavy (non-hydrogen) atoms. The lowest BCUT2D eigenvalue weighted by molar-refractivity contribution is 0.258. The second kappa shape index (κ2) is 6.66. The number of thioether (sulfide) groups is 1. The van der Waals surface area contributed by atoms with Gasteiger partial charge in [-0.15, -0.1) is 0 Å². The van der Waals surface area contributed by atoms with Gasteiger partial charge in [-0.1, -0.05) is 12.8 Å². The van der Waals surface area contributed by atoms with Gasteiger partial charge in [0.2, 0.25) is 0 Å². The molecular formula is C14H24N2S. The van der Waals surface area contributed by atoms with Crippen molar-refractivity contribution in [2.45, 2.75) is 68.7 Å². The van der Waals surface area contributed by atoms with Crippen molar-refractivity contribution < 1.29 is 0 Å². The second-order valence-corrected chi connectivity index (χ2v) is 6.64. The fraction of sp³-hybridized carbons (Fsp3) is 0.929. The van der Waals surface area contributed by atoms with Crippen LogP contribution in [0.4, 0.5) is 0 Å². The van der Waals surface area contributed by atoms with Crippen LogP contribution in [0.25, 0.3) is 0 Å². The molecule has 0 spiro atoms. The van der Waals surface area contributed by atoms with Gasteiger partial charge < -0.3 is 5.32 Å². The third kappa shape index (κ3) is 3.63. The largest absolute Gasteiger partial charge is 0.310 e. The first kappa shape index (κ1) is 13.2. The van der Waals surface area contributed by atoms with Crippen LogP contribution in [0, 0.1) is 17.2 Å². The summed E-state index contributed by atoms with van der Waals surface area (Å²) in [5.74, 6) is 0.266. The van der Waals surface area contributed by atoms with Crippen LogP contribution in [0.15, 0.2) is 0 Å². The third-order valence-corrected chi connectivity index (χ3v) is 5.53. The van der Waals surface area contributed by atoms with Crippen LogP contribution in [0.1, 0.15) is 51.4 Å². The van der Waals surface area contributed by atoms with Crippen LogP contribution in [0.3, 0.4) is 0 Å². The van der Waals surface area contributed by atoms with E-state index in [1.165, 1.54) is 44.9 Å². The van der Waals surface area contributed by atoms with Crippen molar-refractivity contribution >= 4 is 11.8 Å². The van der Waals surface area contributed by atoms with E-state index in [1.807, 2.05) is 11.8 Å². The molecule has 0 saturated heterocycles. The van der Waals surface area contributed by atoms with Gasteiger partial charge >= 0.3 is 0 Å². The Labute approximate surface area is 110 Å². The average Bonchev–Trinajstić information content (AvgIpc) is 2.40. The summed E-state index contributed by atoms with van der Waals surface area (Å²) in [6, 6.07) is 3.65. The highest BCUT2D eigenvalue weighted by molar-refractivity contribution is 7.99. The molecule has 0 amide bonds. The minimum Gasteiger partial charge on any atom is -0.310 e. The van der Waals surface area contributed by atoms with Gasteiger partial charge in [-0.3, -0.25) is 0 Å². The van der Waals surface area contributed by atoms with E-state index < -0.39 is 0 Å². The highest BCUT2D eigenvalue weighted by Crippen LogP contribution is 2.29. The van der Waals surface area contributed by atoms with E-state index in [-0.39, 0.29) is 5.92 Å². The Morgan fingerprint density at radius 3 is 2.41 bits per heavy atom. The monoisotopic (exact) mass is 252 g/mol. The molecule has 2 aliphatic carbocycles. The fourth-order valence-electron chi connectivity index (χ4n) is 3.25. The zero-order valence-corrected chi connectivity index (χ0v) is 11.6. The lowest BCUT2D eigenvalue weighted by Crippen LogP contribution is -2.45. The van der Waals surface area contributed by atoms with Gasteiger partial charge in [0.15, 0.2) is 0 Å². The second-order valence-electron chi connectivity index (χ2n) is 5.50. The van der Waals surface area contributed by atoms with Crippen LogP contribution in [0.2, 0.25) is 0 Å². The summed E-state index contributed by atoms with van der Waals surface area (Å²) in [6.07, 6.45) is 12.4. The molecule has 0 aromatic carbocycles. The van der Waals surface area contributed by atoms with E-state index in [1.54, 1.807) is 0 Å². The Balaban J connectivity index is 1.78. The normalized spacial score (nSPS) is 38.6. The lowest BCUT2D eigenvalue weighted by atomic mass is 9.84. The van der Waals surface area contributed by atoms with Gasteiger partial charge in [0.25, 0.3) is 0 Å². The van der Waals surface area contributed by atoms with E-state index in [2.05, 4.69) is 17.6 Å². The predicted molar refractivity (Wildman–Crippen MR) is 74.1 cm³/mol. The van der Waals surface area contributed by atoms with Crippen molar-refractivity contribution in [1.29, 1.82) is 5.26 Å². The predicted octanol–water partition coefficient (Wildman–Crippen LogP) is 3.33. The topological polar surface area (TPSA) is 35.8 Å². The molecule has 2 rings (SSSR count). The van der Waals surface area contributed by atoms with Crippen LogP contribution in [-0.2, 0) is 0 Å². The van der Waals surface area contributed by atoms with E-state index in [0.29, 0.717) is 12.1 Å². The Hall–Kier alpha value is -0.200. The molecule has 0 aromatic rings. The molecule has 3 heteroatoms. The van der Waals surface area contributed by atoms with Gasteiger partial charge in [0.1, 0.15) is 0 Å². The van der Waals surface area contributed by atoms with Gasteiger partial charge in [-0.2, -0.15) is 17.0 Å². The molecule has 0 bridgehead atoms. The minimum absolute atomic E-state index is 0.266. The van der Waals surface area contributed by atoms with Crippen LogP contribution in [-0.4, -0.2) is 23.6 Å². The average molecular weight is 252 g/mol. The molecule has 2 unspecified atom stereocenters. The first-order valence-electron chi connectivity index (χ1n) is 7.02. The Kier molecular flexibility index (Phi) is 5.18. The summed E-state index contributed by atoms with van der Waals surface area (Å²) in [6.45, 7) is 0. The van der Waals surface area contributed by atoms with E-state index in [0.717, 1.165) is 11.7 Å². The van der Waals surface area contributed by atoms with Gasteiger partial charge in [0, 0.05) is 17.3 Å². The molecule has 2 saturated carbocycles. The van der Waals surface area contributed by atoms with E-state index in [9.17, 15) is 5.26 Å². The molecule has 2 nitrogen and oxygen atoms in total. The van der Waals surface area contributed by atoms with E-state index in [4.69, 9.17) is 0 Å². The number of nitrogens with one attached hydrogen (secondary N) is 1. The molecule has 2 atom stereocenters.